The number of carbonyl (C=O) groups excluding carboxylic acids is 3. The third-order valence-electron chi connectivity index (χ3n) is 4.89. The molecule has 0 radical (unpaired) electrons. The van der Waals surface area contributed by atoms with Crippen LogP contribution in [0.4, 0.5) is 0 Å². The van der Waals surface area contributed by atoms with Crippen LogP contribution in [0.25, 0.3) is 0 Å². The van der Waals surface area contributed by atoms with E-state index in [1.54, 1.807) is 24.3 Å². The van der Waals surface area contributed by atoms with Crippen molar-refractivity contribution in [3.63, 3.8) is 0 Å². The molecular formula is C23H26N2O5. The third-order valence-corrected chi connectivity index (χ3v) is 4.89. The van der Waals surface area contributed by atoms with Gasteiger partial charge in [-0.15, -0.1) is 0 Å². The number of benzene rings is 2. The van der Waals surface area contributed by atoms with Crippen molar-refractivity contribution in [2.45, 2.75) is 32.2 Å². The molecular weight excluding hydrogens is 384 g/mol. The molecule has 1 atom stereocenters. The summed E-state index contributed by atoms with van der Waals surface area (Å²) in [5.41, 5.74) is 2.76. The first-order valence-electron chi connectivity index (χ1n) is 10.1. The highest BCUT2D eigenvalue weighted by Crippen LogP contribution is 2.29. The minimum Gasteiger partial charge on any atom is -0.494 e. The fraction of sp³-hybridized carbons (Fsp3) is 0.348. The molecule has 1 aliphatic rings. The molecule has 2 N–H and O–H groups in total. The molecule has 0 fully saturated rings. The Hall–Kier alpha value is -3.35. The largest absolute Gasteiger partial charge is 0.494 e. The van der Waals surface area contributed by atoms with E-state index in [9.17, 15) is 14.4 Å². The highest BCUT2D eigenvalue weighted by atomic mass is 16.5. The molecule has 2 aromatic rings. The predicted octanol–water partition coefficient (Wildman–Crippen LogP) is 2.55. The van der Waals surface area contributed by atoms with Crippen LogP contribution in [0.3, 0.4) is 0 Å². The van der Waals surface area contributed by atoms with Crippen molar-refractivity contribution >= 4 is 17.8 Å². The average molecular weight is 410 g/mol. The van der Waals surface area contributed by atoms with Gasteiger partial charge in [0, 0.05) is 5.56 Å². The number of hydrogen-bond acceptors (Lipinski definition) is 5. The van der Waals surface area contributed by atoms with Crippen molar-refractivity contribution in [2.75, 3.05) is 19.8 Å². The van der Waals surface area contributed by atoms with Gasteiger partial charge in [0.15, 0.2) is 6.61 Å². The Kier molecular flexibility index (Phi) is 7.43. The molecule has 2 aromatic carbocycles. The second-order valence-corrected chi connectivity index (χ2v) is 7.01. The Bertz CT molecular complexity index is 895. The topological polar surface area (TPSA) is 93.7 Å². The summed E-state index contributed by atoms with van der Waals surface area (Å²) in [7, 11) is 0. The van der Waals surface area contributed by atoms with Gasteiger partial charge in [0.1, 0.15) is 12.3 Å². The third kappa shape index (κ3) is 5.83. The van der Waals surface area contributed by atoms with Crippen LogP contribution in [0.2, 0.25) is 0 Å². The zero-order valence-corrected chi connectivity index (χ0v) is 17.0. The zero-order valence-electron chi connectivity index (χ0n) is 17.0. The van der Waals surface area contributed by atoms with E-state index in [1.165, 1.54) is 5.56 Å². The van der Waals surface area contributed by atoms with Crippen molar-refractivity contribution < 1.29 is 23.9 Å². The van der Waals surface area contributed by atoms with Crippen LogP contribution in [-0.2, 0) is 20.7 Å². The van der Waals surface area contributed by atoms with Gasteiger partial charge in [0.25, 0.3) is 11.8 Å². The number of ether oxygens (including phenoxy) is 2. The Morgan fingerprint density at radius 1 is 1.07 bits per heavy atom. The molecule has 2 amide bonds. The smallest absolute Gasteiger partial charge is 0.325 e. The van der Waals surface area contributed by atoms with E-state index in [2.05, 4.69) is 16.7 Å². The molecule has 0 unspecified atom stereocenters. The first kappa shape index (κ1) is 21.4. The standard InChI is InChI=1S/C23H26N2O5/c1-2-29-18-12-10-17(11-13-18)23(28)24-14-22(27)30-15-21(26)25-20-9-5-7-16-6-3-4-8-19(16)20/h3-4,6,8,10-13,20H,2,5,7,9,14-15H2,1H3,(H,24,28)(H,25,26)/t20-/m0/s1. The molecule has 158 valence electrons. The lowest BCUT2D eigenvalue weighted by molar-refractivity contribution is -0.147. The van der Waals surface area contributed by atoms with Crippen LogP contribution in [0.1, 0.15) is 47.3 Å². The second-order valence-electron chi connectivity index (χ2n) is 7.01. The number of nitrogens with one attached hydrogen (secondary N) is 2. The molecule has 0 aliphatic heterocycles. The zero-order chi connectivity index (χ0) is 21.3. The van der Waals surface area contributed by atoms with E-state index in [-0.39, 0.29) is 25.1 Å². The summed E-state index contributed by atoms with van der Waals surface area (Å²) in [6, 6.07) is 14.6. The lowest BCUT2D eigenvalue weighted by atomic mass is 9.88. The molecule has 0 aromatic heterocycles. The molecule has 0 saturated carbocycles. The van der Waals surface area contributed by atoms with Crippen LogP contribution in [0.5, 0.6) is 5.75 Å². The van der Waals surface area contributed by atoms with Gasteiger partial charge in [0.05, 0.1) is 12.6 Å². The predicted molar refractivity (Wildman–Crippen MR) is 111 cm³/mol. The molecule has 0 saturated heterocycles. The van der Waals surface area contributed by atoms with Gasteiger partial charge in [-0.05, 0) is 61.6 Å². The SMILES string of the molecule is CCOc1ccc(C(=O)NCC(=O)OCC(=O)N[C@H]2CCCc3ccccc32)cc1. The van der Waals surface area contributed by atoms with Crippen LogP contribution in [0, 0.1) is 0 Å². The molecule has 0 spiro atoms. The van der Waals surface area contributed by atoms with E-state index < -0.39 is 11.9 Å². The molecule has 3 rings (SSSR count). The normalized spacial score (nSPS) is 14.9. The van der Waals surface area contributed by atoms with Crippen molar-refractivity contribution in [3.05, 3.63) is 65.2 Å². The Labute approximate surface area is 175 Å². The summed E-state index contributed by atoms with van der Waals surface area (Å²) in [5.74, 6) is -0.769. The van der Waals surface area contributed by atoms with E-state index in [4.69, 9.17) is 9.47 Å². The highest BCUT2D eigenvalue weighted by molar-refractivity contribution is 5.96. The molecule has 30 heavy (non-hydrogen) atoms. The maximum atomic E-state index is 12.2. The maximum absolute atomic E-state index is 12.2. The number of carbonyl (C=O) groups is 3. The summed E-state index contributed by atoms with van der Waals surface area (Å²) in [6.07, 6.45) is 2.86. The van der Waals surface area contributed by atoms with Gasteiger partial charge in [-0.3, -0.25) is 14.4 Å². The van der Waals surface area contributed by atoms with Crippen LogP contribution < -0.4 is 15.4 Å². The fourth-order valence-corrected chi connectivity index (χ4v) is 3.46. The average Bonchev–Trinajstić information content (AvgIpc) is 2.77. The summed E-state index contributed by atoms with van der Waals surface area (Å²) >= 11 is 0. The van der Waals surface area contributed by atoms with Gasteiger partial charge in [-0.2, -0.15) is 0 Å². The summed E-state index contributed by atoms with van der Waals surface area (Å²) in [5, 5.41) is 5.40. The van der Waals surface area contributed by atoms with Crippen LogP contribution in [-0.4, -0.2) is 37.5 Å². The van der Waals surface area contributed by atoms with Gasteiger partial charge in [-0.25, -0.2) is 0 Å². The van der Waals surface area contributed by atoms with E-state index in [0.717, 1.165) is 24.8 Å². The minimum absolute atomic E-state index is 0.0690. The van der Waals surface area contributed by atoms with Gasteiger partial charge < -0.3 is 20.1 Å². The van der Waals surface area contributed by atoms with E-state index >= 15 is 0 Å². The van der Waals surface area contributed by atoms with Crippen LogP contribution in [0.15, 0.2) is 48.5 Å². The monoisotopic (exact) mass is 410 g/mol. The number of amides is 2. The highest BCUT2D eigenvalue weighted by Gasteiger charge is 2.21. The summed E-state index contributed by atoms with van der Waals surface area (Å²) < 4.78 is 10.3. The Morgan fingerprint density at radius 2 is 1.83 bits per heavy atom. The number of hydrogen-bond donors (Lipinski definition) is 2. The van der Waals surface area contributed by atoms with Crippen LogP contribution >= 0.6 is 0 Å². The molecule has 1 aliphatic carbocycles. The summed E-state index contributed by atoms with van der Waals surface area (Å²) in [4.78, 5) is 36.2. The lowest BCUT2D eigenvalue weighted by Crippen LogP contribution is -2.36. The van der Waals surface area contributed by atoms with Crippen molar-refractivity contribution in [1.82, 2.24) is 10.6 Å². The van der Waals surface area contributed by atoms with Gasteiger partial charge >= 0.3 is 5.97 Å². The van der Waals surface area contributed by atoms with E-state index in [0.29, 0.717) is 17.9 Å². The second kappa shape index (κ2) is 10.4. The number of rotatable bonds is 8. The Morgan fingerprint density at radius 3 is 2.60 bits per heavy atom. The number of aryl methyl sites for hydroxylation is 1. The summed E-state index contributed by atoms with van der Waals surface area (Å²) in [6.45, 7) is 1.72. The van der Waals surface area contributed by atoms with Gasteiger partial charge in [-0.1, -0.05) is 24.3 Å². The number of fused-ring (bicyclic) bond motifs is 1. The van der Waals surface area contributed by atoms with E-state index in [1.807, 2.05) is 25.1 Å². The molecule has 0 bridgehead atoms. The Balaban J connectivity index is 1.40. The fourth-order valence-electron chi connectivity index (χ4n) is 3.46. The first-order chi connectivity index (χ1) is 14.6. The van der Waals surface area contributed by atoms with Crippen molar-refractivity contribution in [2.24, 2.45) is 0 Å². The quantitative estimate of drug-likeness (QED) is 0.653. The first-order valence-corrected chi connectivity index (χ1v) is 10.1. The van der Waals surface area contributed by atoms with Crippen molar-refractivity contribution in [1.29, 1.82) is 0 Å². The molecule has 7 heteroatoms. The van der Waals surface area contributed by atoms with Crippen molar-refractivity contribution in [3.8, 4) is 5.75 Å². The molecule has 0 heterocycles. The van der Waals surface area contributed by atoms with Gasteiger partial charge in [0.2, 0.25) is 0 Å². The number of esters is 1. The minimum atomic E-state index is -0.673. The molecule has 7 nitrogen and oxygen atoms in total. The maximum Gasteiger partial charge on any atom is 0.325 e. The lowest BCUT2D eigenvalue weighted by Gasteiger charge is -2.26.